The first-order chi connectivity index (χ1) is 11.2. The average molecular weight is 340 g/mol. The molecule has 2 aromatic carbocycles. The van der Waals surface area contributed by atoms with Crippen LogP contribution in [0, 0.1) is 0 Å². The van der Waals surface area contributed by atoms with Gasteiger partial charge in [-0.05, 0) is 23.8 Å². The summed E-state index contributed by atoms with van der Waals surface area (Å²) in [5.41, 5.74) is 1.63. The first-order valence-corrected chi connectivity index (χ1v) is 8.12. The minimum Gasteiger partial charge on any atom is -0.267 e. The molecule has 4 aromatic rings. The highest BCUT2D eigenvalue weighted by molar-refractivity contribution is 7.15. The number of hydrogen-bond donors (Lipinski definition) is 0. The molecule has 112 valence electrons. The van der Waals surface area contributed by atoms with Crippen molar-refractivity contribution in [1.82, 2.24) is 14.6 Å². The molecule has 0 aliphatic heterocycles. The first-order valence-electron chi connectivity index (χ1n) is 6.93. The summed E-state index contributed by atoms with van der Waals surface area (Å²) < 4.78 is 2.16. The Morgan fingerprint density at radius 3 is 2.65 bits per heavy atom. The Morgan fingerprint density at radius 2 is 1.87 bits per heavy atom. The Kier molecular flexibility index (Phi) is 3.44. The average Bonchev–Trinajstić information content (AvgIpc) is 3.10. The van der Waals surface area contributed by atoms with Crippen LogP contribution in [-0.2, 0) is 0 Å². The minimum atomic E-state index is -0.117. The van der Waals surface area contributed by atoms with Gasteiger partial charge in [0.2, 0.25) is 4.96 Å². The van der Waals surface area contributed by atoms with Crippen LogP contribution in [0.25, 0.3) is 22.4 Å². The molecule has 0 aliphatic carbocycles. The number of halogens is 1. The van der Waals surface area contributed by atoms with Crippen LogP contribution < -0.4 is 10.1 Å². The summed E-state index contributed by atoms with van der Waals surface area (Å²) in [6, 6.07) is 16.9. The summed E-state index contributed by atoms with van der Waals surface area (Å²) >= 11 is 7.31. The summed E-state index contributed by atoms with van der Waals surface area (Å²) in [5.74, 6) is 0.563. The van der Waals surface area contributed by atoms with Crippen molar-refractivity contribution in [2.75, 3.05) is 0 Å². The highest BCUT2D eigenvalue weighted by atomic mass is 35.5. The maximum Gasteiger partial charge on any atom is 0.276 e. The lowest BCUT2D eigenvalue weighted by Gasteiger charge is -1.95. The van der Waals surface area contributed by atoms with Crippen molar-refractivity contribution in [2.24, 2.45) is 0 Å². The summed E-state index contributed by atoms with van der Waals surface area (Å²) in [4.78, 5) is 13.3. The van der Waals surface area contributed by atoms with Crippen LogP contribution in [0.15, 0.2) is 59.4 Å². The molecule has 0 radical (unpaired) electrons. The number of nitrogens with zero attached hydrogens (tertiary/aromatic N) is 3. The summed E-state index contributed by atoms with van der Waals surface area (Å²) in [7, 11) is 0. The quantitative estimate of drug-likeness (QED) is 0.564. The lowest BCUT2D eigenvalue weighted by atomic mass is 10.2. The van der Waals surface area contributed by atoms with Crippen LogP contribution in [0.4, 0.5) is 0 Å². The highest BCUT2D eigenvalue weighted by Crippen LogP contribution is 2.17. The van der Waals surface area contributed by atoms with E-state index < -0.39 is 0 Å². The van der Waals surface area contributed by atoms with E-state index in [1.54, 1.807) is 10.5 Å². The molecule has 0 fully saturated rings. The van der Waals surface area contributed by atoms with Gasteiger partial charge in [0.15, 0.2) is 5.82 Å². The number of aromatic nitrogens is 3. The van der Waals surface area contributed by atoms with Gasteiger partial charge in [-0.15, -0.1) is 10.2 Å². The molecule has 23 heavy (non-hydrogen) atoms. The normalized spacial score (nSPS) is 12.1. The highest BCUT2D eigenvalue weighted by Gasteiger charge is 2.13. The molecule has 4 rings (SSSR count). The molecule has 0 atom stereocenters. The monoisotopic (exact) mass is 339 g/mol. The Bertz CT molecular complexity index is 1100. The van der Waals surface area contributed by atoms with E-state index in [0.717, 1.165) is 11.1 Å². The fraction of sp³-hybridized carbons (Fsp3) is 0. The van der Waals surface area contributed by atoms with Gasteiger partial charge in [-0.2, -0.15) is 0 Å². The van der Waals surface area contributed by atoms with E-state index in [-0.39, 0.29) is 5.56 Å². The molecule has 0 saturated heterocycles. The van der Waals surface area contributed by atoms with Crippen LogP contribution in [0.2, 0.25) is 5.02 Å². The molecular weight excluding hydrogens is 330 g/mol. The lowest BCUT2D eigenvalue weighted by Crippen LogP contribution is -2.23. The molecular formula is C17H10ClN3OS. The van der Waals surface area contributed by atoms with Crippen molar-refractivity contribution in [3.05, 3.63) is 80.1 Å². The maximum atomic E-state index is 12.7. The zero-order valence-electron chi connectivity index (χ0n) is 11.8. The summed E-state index contributed by atoms with van der Waals surface area (Å²) in [5, 5.41) is 8.90. The minimum absolute atomic E-state index is 0.117. The van der Waals surface area contributed by atoms with E-state index in [4.69, 9.17) is 11.6 Å². The predicted octanol–water partition coefficient (Wildman–Crippen LogP) is 3.02. The fourth-order valence-corrected chi connectivity index (χ4v) is 3.50. The third-order valence-electron chi connectivity index (χ3n) is 3.43. The zero-order valence-corrected chi connectivity index (χ0v) is 13.4. The van der Waals surface area contributed by atoms with E-state index in [0.29, 0.717) is 20.3 Å². The molecule has 2 aromatic heterocycles. The van der Waals surface area contributed by atoms with Gasteiger partial charge in [-0.3, -0.25) is 4.79 Å². The maximum absolute atomic E-state index is 12.7. The lowest BCUT2D eigenvalue weighted by molar-refractivity contribution is 1.09. The Labute approximate surface area is 140 Å². The van der Waals surface area contributed by atoms with Crippen LogP contribution in [0.1, 0.15) is 5.56 Å². The van der Waals surface area contributed by atoms with Crippen LogP contribution in [-0.4, -0.2) is 14.6 Å². The number of rotatable bonds is 2. The van der Waals surface area contributed by atoms with Gasteiger partial charge in [-0.1, -0.05) is 65.4 Å². The van der Waals surface area contributed by atoms with E-state index in [1.807, 2.05) is 54.6 Å². The van der Waals surface area contributed by atoms with Gasteiger partial charge in [0.05, 0.1) is 4.53 Å². The Morgan fingerprint density at radius 1 is 1.04 bits per heavy atom. The van der Waals surface area contributed by atoms with E-state index in [2.05, 4.69) is 10.2 Å². The van der Waals surface area contributed by atoms with Crippen molar-refractivity contribution in [3.8, 4) is 11.4 Å². The van der Waals surface area contributed by atoms with E-state index in [1.165, 1.54) is 11.3 Å². The second-order valence-electron chi connectivity index (χ2n) is 4.98. The second-order valence-corrected chi connectivity index (χ2v) is 6.42. The number of hydrogen-bond acceptors (Lipinski definition) is 4. The van der Waals surface area contributed by atoms with Gasteiger partial charge >= 0.3 is 0 Å². The Hall–Kier alpha value is -2.50. The molecule has 0 saturated carbocycles. The van der Waals surface area contributed by atoms with Crippen molar-refractivity contribution in [1.29, 1.82) is 0 Å². The first kappa shape index (κ1) is 14.1. The van der Waals surface area contributed by atoms with Crippen molar-refractivity contribution >= 4 is 34.0 Å². The molecule has 4 nitrogen and oxygen atoms in total. The van der Waals surface area contributed by atoms with Crippen molar-refractivity contribution in [2.45, 2.75) is 0 Å². The van der Waals surface area contributed by atoms with Gasteiger partial charge < -0.3 is 0 Å². The van der Waals surface area contributed by atoms with Gasteiger partial charge in [0, 0.05) is 10.6 Å². The molecule has 6 heteroatoms. The van der Waals surface area contributed by atoms with Crippen molar-refractivity contribution < 1.29 is 0 Å². The number of benzene rings is 2. The molecule has 0 unspecified atom stereocenters. The van der Waals surface area contributed by atoms with Crippen LogP contribution in [0.5, 0.6) is 0 Å². The third-order valence-corrected chi connectivity index (χ3v) is 4.62. The SMILES string of the molecule is O=c1/c(=C/c2cccc(Cl)c2)sc2nnc(-c3ccccc3)n12. The van der Waals surface area contributed by atoms with Gasteiger partial charge in [0.1, 0.15) is 0 Å². The molecule has 0 bridgehead atoms. The summed E-state index contributed by atoms with van der Waals surface area (Å²) in [6.45, 7) is 0. The largest absolute Gasteiger partial charge is 0.276 e. The molecule has 0 spiro atoms. The Balaban J connectivity index is 1.93. The summed E-state index contributed by atoms with van der Waals surface area (Å²) in [6.07, 6.45) is 1.82. The molecule has 0 aliphatic rings. The van der Waals surface area contributed by atoms with Crippen LogP contribution in [0.3, 0.4) is 0 Å². The standard InChI is InChI=1S/C17H10ClN3OS/c18-13-8-4-5-11(9-13)10-14-16(22)21-15(19-20-17(21)23-14)12-6-2-1-3-7-12/h1-10H/b14-10-. The van der Waals surface area contributed by atoms with E-state index in [9.17, 15) is 4.79 Å². The topological polar surface area (TPSA) is 47.3 Å². The molecule has 2 heterocycles. The van der Waals surface area contributed by atoms with Gasteiger partial charge in [0.25, 0.3) is 5.56 Å². The number of fused-ring (bicyclic) bond motifs is 1. The smallest absolute Gasteiger partial charge is 0.267 e. The molecule has 0 N–H and O–H groups in total. The third kappa shape index (κ3) is 2.54. The molecule has 0 amide bonds. The van der Waals surface area contributed by atoms with E-state index >= 15 is 0 Å². The fourth-order valence-electron chi connectivity index (χ4n) is 2.38. The van der Waals surface area contributed by atoms with Crippen molar-refractivity contribution in [3.63, 3.8) is 0 Å². The van der Waals surface area contributed by atoms with Gasteiger partial charge in [-0.25, -0.2) is 4.40 Å². The number of thiazole rings is 1. The zero-order chi connectivity index (χ0) is 15.8. The second kappa shape index (κ2) is 5.61. The predicted molar refractivity (Wildman–Crippen MR) is 92.8 cm³/mol. The van der Waals surface area contributed by atoms with Crippen LogP contribution >= 0.6 is 22.9 Å².